The van der Waals surface area contributed by atoms with Crippen LogP contribution in [-0.4, -0.2) is 44.6 Å². The summed E-state index contributed by atoms with van der Waals surface area (Å²) in [7, 11) is 1.50. The lowest BCUT2D eigenvalue weighted by molar-refractivity contribution is 0.0776. The third-order valence-corrected chi connectivity index (χ3v) is 11.3. The summed E-state index contributed by atoms with van der Waals surface area (Å²) in [6.07, 6.45) is 6.14. The van der Waals surface area contributed by atoms with Crippen LogP contribution < -0.4 is 10.1 Å². The standard InChI is InChI=1S/C38H32F2N6O3S/c1-19-44-45-37(49-19)31-27(13-7-20-5-8-21(39)9-6-20)42-34-28-4-3-17-46(28)38(47)33(34)32(31)30-18-24-29(50-30)15-16-41-36(24)43-26-14-11-23-22(26)10-12-25(40)35(23)48-2/h5-6,8-10,12,15-16,18,26,28H,3-4,7,11,13-14,17H2,1-2H3,(H,41,43)/t26-,28+/m1/s1. The Morgan fingerprint density at radius 2 is 1.90 bits per heavy atom. The second-order valence-corrected chi connectivity index (χ2v) is 14.1. The highest BCUT2D eigenvalue weighted by molar-refractivity contribution is 7.22. The van der Waals surface area contributed by atoms with Gasteiger partial charge in [-0.2, -0.15) is 0 Å². The third-order valence-electron chi connectivity index (χ3n) is 10.2. The Morgan fingerprint density at radius 1 is 1.04 bits per heavy atom. The van der Waals surface area contributed by atoms with Gasteiger partial charge in [-0.1, -0.05) is 18.2 Å². The summed E-state index contributed by atoms with van der Waals surface area (Å²) in [6.45, 7) is 2.42. The molecule has 0 unspecified atom stereocenters. The molecule has 1 amide bonds. The quantitative estimate of drug-likeness (QED) is 0.171. The van der Waals surface area contributed by atoms with Gasteiger partial charge < -0.3 is 19.4 Å². The minimum Gasteiger partial charge on any atom is -0.493 e. The number of carbonyl (C=O) groups is 1. The predicted molar refractivity (Wildman–Crippen MR) is 185 cm³/mol. The number of nitrogens with one attached hydrogen (secondary N) is 1. The van der Waals surface area contributed by atoms with Crippen molar-refractivity contribution in [2.24, 2.45) is 0 Å². The summed E-state index contributed by atoms with van der Waals surface area (Å²) in [4.78, 5) is 27.0. The van der Waals surface area contributed by atoms with Gasteiger partial charge in [0.15, 0.2) is 11.6 Å². The zero-order chi connectivity index (χ0) is 34.1. The number of methoxy groups -OCH3 is 1. The van der Waals surface area contributed by atoms with Crippen LogP contribution in [0.5, 0.6) is 5.75 Å². The molecule has 6 heterocycles. The molecule has 50 heavy (non-hydrogen) atoms. The molecule has 0 radical (unpaired) electrons. The second-order valence-electron chi connectivity index (χ2n) is 13.0. The number of aromatic nitrogens is 4. The van der Waals surface area contributed by atoms with Gasteiger partial charge in [0.25, 0.3) is 5.91 Å². The summed E-state index contributed by atoms with van der Waals surface area (Å²) in [6, 6.07) is 13.7. The molecule has 1 fully saturated rings. The molecule has 9 nitrogen and oxygen atoms in total. The Hall–Kier alpha value is -5.23. The van der Waals surface area contributed by atoms with Gasteiger partial charge in [-0.3, -0.25) is 9.78 Å². The van der Waals surface area contributed by atoms with Crippen LogP contribution in [0, 0.1) is 18.6 Å². The predicted octanol–water partition coefficient (Wildman–Crippen LogP) is 8.18. The molecule has 3 aliphatic rings. The molecule has 4 aromatic heterocycles. The first-order valence-electron chi connectivity index (χ1n) is 16.8. The van der Waals surface area contributed by atoms with E-state index in [4.69, 9.17) is 19.1 Å². The number of nitrogens with zero attached hydrogens (tertiary/aromatic N) is 5. The highest BCUT2D eigenvalue weighted by Gasteiger charge is 2.45. The highest BCUT2D eigenvalue weighted by Crippen LogP contribution is 2.50. The van der Waals surface area contributed by atoms with Crippen LogP contribution in [0.2, 0.25) is 0 Å². The van der Waals surface area contributed by atoms with Crippen LogP contribution >= 0.6 is 11.3 Å². The van der Waals surface area contributed by atoms with Gasteiger partial charge in [-0.25, -0.2) is 13.8 Å². The molecule has 6 aromatic rings. The minimum atomic E-state index is -0.362. The highest BCUT2D eigenvalue weighted by atomic mass is 32.1. The summed E-state index contributed by atoms with van der Waals surface area (Å²) < 4.78 is 40.7. The zero-order valence-corrected chi connectivity index (χ0v) is 28.2. The number of halogens is 2. The van der Waals surface area contributed by atoms with Crippen molar-refractivity contribution in [3.05, 3.63) is 106 Å². The molecule has 1 aliphatic carbocycles. The monoisotopic (exact) mass is 690 g/mol. The summed E-state index contributed by atoms with van der Waals surface area (Å²) in [5.41, 5.74) is 6.36. The molecule has 0 saturated carbocycles. The van der Waals surface area contributed by atoms with E-state index in [0.29, 0.717) is 60.3 Å². The van der Waals surface area contributed by atoms with Crippen molar-refractivity contribution in [2.45, 2.75) is 57.5 Å². The van der Waals surface area contributed by atoms with Crippen molar-refractivity contribution < 1.29 is 22.7 Å². The van der Waals surface area contributed by atoms with Crippen molar-refractivity contribution in [1.82, 2.24) is 25.1 Å². The minimum absolute atomic E-state index is 0.0368. The van der Waals surface area contributed by atoms with E-state index in [9.17, 15) is 13.6 Å². The molecular weight excluding hydrogens is 659 g/mol. The van der Waals surface area contributed by atoms with E-state index >= 15 is 0 Å². The average molecular weight is 691 g/mol. The van der Waals surface area contributed by atoms with Crippen LogP contribution in [0.1, 0.15) is 75.7 Å². The molecule has 0 spiro atoms. The number of benzene rings is 2. The van der Waals surface area contributed by atoms with E-state index in [2.05, 4.69) is 21.6 Å². The summed E-state index contributed by atoms with van der Waals surface area (Å²) >= 11 is 1.57. The van der Waals surface area contributed by atoms with E-state index in [-0.39, 0.29) is 29.6 Å². The molecule has 1 saturated heterocycles. The van der Waals surface area contributed by atoms with Crippen LogP contribution in [0.15, 0.2) is 59.1 Å². The Morgan fingerprint density at radius 3 is 2.70 bits per heavy atom. The van der Waals surface area contributed by atoms with Gasteiger partial charge in [0, 0.05) is 45.8 Å². The van der Waals surface area contributed by atoms with Gasteiger partial charge in [0.2, 0.25) is 11.8 Å². The lowest BCUT2D eigenvalue weighted by atomic mass is 9.93. The zero-order valence-electron chi connectivity index (χ0n) is 27.4. The maximum atomic E-state index is 14.5. The maximum Gasteiger partial charge on any atom is 0.257 e. The summed E-state index contributed by atoms with van der Waals surface area (Å²) in [5.74, 6) is 1.03. The number of anilines is 1. The molecule has 252 valence electrons. The Labute approximate surface area is 290 Å². The largest absolute Gasteiger partial charge is 0.493 e. The first-order chi connectivity index (χ1) is 24.4. The number of hydrogen-bond acceptors (Lipinski definition) is 9. The van der Waals surface area contributed by atoms with Crippen LogP contribution in [0.4, 0.5) is 14.6 Å². The van der Waals surface area contributed by atoms with E-state index in [1.165, 1.54) is 25.3 Å². The average Bonchev–Trinajstić information content (AvgIpc) is 3.96. The van der Waals surface area contributed by atoms with Crippen molar-refractivity contribution >= 4 is 33.1 Å². The number of hydrogen-bond donors (Lipinski definition) is 1. The lowest BCUT2D eigenvalue weighted by Gasteiger charge is -2.16. The van der Waals surface area contributed by atoms with Crippen molar-refractivity contribution in [3.63, 3.8) is 0 Å². The fourth-order valence-electron chi connectivity index (χ4n) is 7.90. The normalized spacial score (nSPS) is 17.8. The maximum absolute atomic E-state index is 14.5. The van der Waals surface area contributed by atoms with Gasteiger partial charge >= 0.3 is 0 Å². The lowest BCUT2D eigenvalue weighted by Crippen LogP contribution is -2.22. The number of amides is 1. The molecular formula is C38H32F2N6O3S. The first kappa shape index (κ1) is 30.8. The number of aryl methyl sites for hydroxylation is 3. The Balaban J connectivity index is 1.20. The van der Waals surface area contributed by atoms with E-state index in [1.54, 1.807) is 36.6 Å². The second kappa shape index (κ2) is 12.0. The van der Waals surface area contributed by atoms with Gasteiger partial charge in [-0.15, -0.1) is 21.5 Å². The van der Waals surface area contributed by atoms with Gasteiger partial charge in [0.1, 0.15) is 11.6 Å². The van der Waals surface area contributed by atoms with Gasteiger partial charge in [0.05, 0.1) is 41.7 Å². The molecule has 9 rings (SSSR count). The molecule has 0 bridgehead atoms. The summed E-state index contributed by atoms with van der Waals surface area (Å²) in [5, 5.41) is 13.1. The molecule has 2 aromatic carbocycles. The number of rotatable bonds is 8. The van der Waals surface area contributed by atoms with E-state index in [1.807, 2.05) is 17.0 Å². The van der Waals surface area contributed by atoms with Crippen molar-refractivity contribution in [1.29, 1.82) is 0 Å². The first-order valence-corrected chi connectivity index (χ1v) is 17.6. The third kappa shape index (κ3) is 4.95. The van der Waals surface area contributed by atoms with Crippen molar-refractivity contribution in [2.75, 3.05) is 19.0 Å². The molecule has 12 heteroatoms. The Kier molecular flexibility index (Phi) is 7.38. The van der Waals surface area contributed by atoms with Crippen molar-refractivity contribution in [3.8, 4) is 27.6 Å². The number of pyridine rings is 2. The molecule has 1 N–H and O–H groups in total. The SMILES string of the molecule is COc1c(F)ccc2c1CC[C@H]2Nc1nccc2sc(-c3c4c(nc(CCc5ccc(F)cc5)c3-c3nnc(C)o3)[C@@H]3CCCN3C4=O)cc12. The number of ether oxygens (including phenoxy) is 1. The smallest absolute Gasteiger partial charge is 0.257 e. The number of thiophene rings is 1. The number of carbonyl (C=O) groups excluding carboxylic acids is 1. The molecule has 2 aliphatic heterocycles. The topological polar surface area (TPSA) is 106 Å². The Bertz CT molecular complexity index is 2320. The van der Waals surface area contributed by atoms with Crippen LogP contribution in [0.3, 0.4) is 0 Å². The fraction of sp³-hybridized carbons (Fsp3) is 0.289. The van der Waals surface area contributed by atoms with Crippen LogP contribution in [0.25, 0.3) is 32.0 Å². The van der Waals surface area contributed by atoms with Gasteiger partial charge in [-0.05, 0) is 80.0 Å². The van der Waals surface area contributed by atoms with Crippen LogP contribution in [-0.2, 0) is 19.3 Å². The molecule has 2 atom stereocenters. The van der Waals surface area contributed by atoms with E-state index in [0.717, 1.165) is 67.9 Å². The van der Waals surface area contributed by atoms with E-state index < -0.39 is 0 Å². The number of fused-ring (bicyclic) bond motifs is 5. The fourth-order valence-corrected chi connectivity index (χ4v) is 9.01.